The van der Waals surface area contributed by atoms with Crippen molar-refractivity contribution in [2.45, 2.75) is 44.5 Å². The van der Waals surface area contributed by atoms with Crippen molar-refractivity contribution in [1.82, 2.24) is 5.32 Å². The van der Waals surface area contributed by atoms with Crippen LogP contribution in [0.1, 0.15) is 35.6 Å². The van der Waals surface area contributed by atoms with Gasteiger partial charge < -0.3 is 19.9 Å². The fourth-order valence-electron chi connectivity index (χ4n) is 4.36. The van der Waals surface area contributed by atoms with Gasteiger partial charge in [-0.25, -0.2) is 4.99 Å². The molecule has 1 heterocycles. The molecule has 3 aromatic rings. The number of amides is 1. The second kappa shape index (κ2) is 12.8. The zero-order valence-electron chi connectivity index (χ0n) is 21.3. The number of hydrogen-bond acceptors (Lipinski definition) is 6. The number of azide groups is 1. The van der Waals surface area contributed by atoms with Gasteiger partial charge in [-0.3, -0.25) is 4.79 Å². The molecule has 0 spiro atoms. The van der Waals surface area contributed by atoms with Gasteiger partial charge in [-0.1, -0.05) is 59.7 Å². The lowest BCUT2D eigenvalue weighted by molar-refractivity contribution is -0.128. The van der Waals surface area contributed by atoms with Crippen LogP contribution in [0.15, 0.2) is 89.0 Å². The first kappa shape index (κ1) is 26.7. The maximum Gasteiger partial charge on any atom is 0.252 e. The molecular formula is C29H31N5O4. The summed E-state index contributed by atoms with van der Waals surface area (Å²) in [5, 5.41) is 15.7. The third kappa shape index (κ3) is 6.32. The highest BCUT2D eigenvalue weighted by molar-refractivity contribution is 6.00. The second-order valence-corrected chi connectivity index (χ2v) is 9.05. The number of benzene rings is 3. The van der Waals surface area contributed by atoms with Gasteiger partial charge in [0.2, 0.25) is 5.90 Å². The Labute approximate surface area is 221 Å². The molecule has 2 atom stereocenters. The van der Waals surface area contributed by atoms with E-state index in [4.69, 9.17) is 25.1 Å². The number of rotatable bonds is 12. The molecule has 0 aromatic heterocycles. The van der Waals surface area contributed by atoms with E-state index in [2.05, 4.69) is 15.3 Å². The molecule has 0 saturated carbocycles. The predicted octanol–water partition coefficient (Wildman–Crippen LogP) is 4.72. The van der Waals surface area contributed by atoms with Crippen molar-refractivity contribution in [3.05, 3.63) is 112 Å². The molecule has 2 N–H and O–H groups in total. The van der Waals surface area contributed by atoms with Gasteiger partial charge in [0.1, 0.15) is 11.9 Å². The van der Waals surface area contributed by atoms with Crippen molar-refractivity contribution >= 4 is 11.8 Å². The smallest absolute Gasteiger partial charge is 0.252 e. The van der Waals surface area contributed by atoms with E-state index in [1.54, 1.807) is 0 Å². The number of hydrogen-bond donors (Lipinski definition) is 2. The first-order valence-electron chi connectivity index (χ1n) is 12.6. The fourth-order valence-corrected chi connectivity index (χ4v) is 4.36. The Balaban J connectivity index is 1.65. The van der Waals surface area contributed by atoms with Gasteiger partial charge in [-0.2, -0.15) is 0 Å². The van der Waals surface area contributed by atoms with E-state index in [-0.39, 0.29) is 25.5 Å². The predicted molar refractivity (Wildman–Crippen MR) is 145 cm³/mol. The summed E-state index contributed by atoms with van der Waals surface area (Å²) in [6.45, 7) is 2.88. The highest BCUT2D eigenvalue weighted by Gasteiger charge is 2.50. The monoisotopic (exact) mass is 513 g/mol. The molecule has 0 saturated heterocycles. The number of carbonyl (C=O) groups is 1. The molecule has 1 amide bonds. The van der Waals surface area contributed by atoms with E-state index in [1.165, 1.54) is 0 Å². The minimum atomic E-state index is -1.23. The van der Waals surface area contributed by atoms with E-state index in [0.29, 0.717) is 31.2 Å². The minimum absolute atomic E-state index is 0.0705. The summed E-state index contributed by atoms with van der Waals surface area (Å²) in [6.07, 6.45) is 0.274. The van der Waals surface area contributed by atoms with Crippen molar-refractivity contribution < 1.29 is 19.4 Å². The van der Waals surface area contributed by atoms with Crippen LogP contribution in [0.2, 0.25) is 0 Å². The van der Waals surface area contributed by atoms with E-state index < -0.39 is 11.6 Å². The first-order chi connectivity index (χ1) is 18.6. The molecule has 196 valence electrons. The van der Waals surface area contributed by atoms with Crippen LogP contribution < -0.4 is 10.1 Å². The number of aliphatic imine (C=N–C) groups is 1. The Bertz CT molecular complexity index is 1310. The van der Waals surface area contributed by atoms with Gasteiger partial charge >= 0.3 is 0 Å². The SMILES string of the molecule is C[C@H]1OC(c2ccc(OCCCO)cc2)=N[C@@]1(Cc1ccccc1CN=[N+]=[N-])C(=O)NCc1ccccc1. The summed E-state index contributed by atoms with van der Waals surface area (Å²) in [5.74, 6) is 0.806. The van der Waals surface area contributed by atoms with Gasteiger partial charge in [-0.15, -0.1) is 0 Å². The van der Waals surface area contributed by atoms with Crippen molar-refractivity contribution in [1.29, 1.82) is 0 Å². The van der Waals surface area contributed by atoms with Gasteiger partial charge in [0.15, 0.2) is 5.54 Å². The molecule has 1 aliphatic rings. The van der Waals surface area contributed by atoms with Crippen molar-refractivity contribution in [2.75, 3.05) is 13.2 Å². The average molecular weight is 514 g/mol. The van der Waals surface area contributed by atoms with Crippen molar-refractivity contribution in [3.63, 3.8) is 0 Å². The molecule has 9 nitrogen and oxygen atoms in total. The zero-order chi connectivity index (χ0) is 26.8. The van der Waals surface area contributed by atoms with Gasteiger partial charge in [0, 0.05) is 36.5 Å². The highest BCUT2D eigenvalue weighted by Crippen LogP contribution is 2.34. The molecule has 9 heteroatoms. The molecule has 0 radical (unpaired) electrons. The Morgan fingerprint density at radius 1 is 1.11 bits per heavy atom. The molecule has 0 aliphatic carbocycles. The van der Waals surface area contributed by atoms with E-state index in [9.17, 15) is 4.79 Å². The van der Waals surface area contributed by atoms with Crippen LogP contribution in [0.25, 0.3) is 10.4 Å². The Hall–Kier alpha value is -4.33. The summed E-state index contributed by atoms with van der Waals surface area (Å²) in [5.41, 5.74) is 11.0. The molecule has 0 bridgehead atoms. The van der Waals surface area contributed by atoms with Gasteiger partial charge in [0.25, 0.3) is 5.91 Å². The van der Waals surface area contributed by atoms with E-state index in [0.717, 1.165) is 22.3 Å². The molecular weight excluding hydrogens is 482 g/mol. The summed E-state index contributed by atoms with van der Waals surface area (Å²) in [4.78, 5) is 21.6. The van der Waals surface area contributed by atoms with Crippen LogP contribution in [0.5, 0.6) is 5.75 Å². The molecule has 0 unspecified atom stereocenters. The zero-order valence-corrected chi connectivity index (χ0v) is 21.3. The van der Waals surface area contributed by atoms with Crippen molar-refractivity contribution in [3.8, 4) is 5.75 Å². The van der Waals surface area contributed by atoms with E-state index >= 15 is 0 Å². The first-order valence-corrected chi connectivity index (χ1v) is 12.6. The number of nitrogens with one attached hydrogen (secondary N) is 1. The second-order valence-electron chi connectivity index (χ2n) is 9.05. The summed E-state index contributed by atoms with van der Waals surface area (Å²) >= 11 is 0. The standard InChI is InChI=1S/C29H31N5O4/c1-21-29(28(36)31-19-22-8-3-2-4-9-22,18-24-10-5-6-11-25(24)20-32-34-30)33-27(38-21)23-12-14-26(15-13-23)37-17-7-16-35/h2-6,8-15,21,35H,7,16-20H2,1H3,(H,31,36)/t21-,29-/m1/s1. The molecule has 4 rings (SSSR count). The largest absolute Gasteiger partial charge is 0.494 e. The maximum atomic E-state index is 13.8. The van der Waals surface area contributed by atoms with Crippen LogP contribution in [-0.4, -0.2) is 41.8 Å². The normalized spacial score (nSPS) is 18.2. The molecule has 3 aromatic carbocycles. The topological polar surface area (TPSA) is 129 Å². The van der Waals surface area contributed by atoms with Crippen LogP contribution in [0.4, 0.5) is 0 Å². The number of aliphatic hydroxyl groups excluding tert-OH is 1. The highest BCUT2D eigenvalue weighted by atomic mass is 16.5. The summed E-state index contributed by atoms with van der Waals surface area (Å²) < 4.78 is 11.8. The van der Waals surface area contributed by atoms with Crippen LogP contribution in [0, 0.1) is 0 Å². The average Bonchev–Trinajstić information content (AvgIpc) is 3.29. The Morgan fingerprint density at radius 2 is 1.82 bits per heavy atom. The number of nitrogens with zero attached hydrogens (tertiary/aromatic N) is 4. The van der Waals surface area contributed by atoms with Gasteiger partial charge in [-0.05, 0) is 53.4 Å². The summed E-state index contributed by atoms with van der Waals surface area (Å²) in [6, 6.07) is 24.6. The number of ether oxygens (including phenoxy) is 2. The van der Waals surface area contributed by atoms with Crippen LogP contribution >= 0.6 is 0 Å². The number of aliphatic hydroxyl groups is 1. The third-order valence-corrected chi connectivity index (χ3v) is 6.51. The van der Waals surface area contributed by atoms with Crippen molar-refractivity contribution in [2.24, 2.45) is 10.1 Å². The lowest BCUT2D eigenvalue weighted by Crippen LogP contribution is -2.52. The minimum Gasteiger partial charge on any atom is -0.494 e. The number of carbonyl (C=O) groups excluding carboxylic acids is 1. The van der Waals surface area contributed by atoms with Crippen LogP contribution in [-0.2, 0) is 29.0 Å². The van der Waals surface area contributed by atoms with E-state index in [1.807, 2.05) is 85.8 Å². The molecule has 38 heavy (non-hydrogen) atoms. The third-order valence-electron chi connectivity index (χ3n) is 6.51. The Morgan fingerprint density at radius 3 is 2.53 bits per heavy atom. The Kier molecular flexibility index (Phi) is 8.98. The molecule has 0 fully saturated rings. The van der Waals surface area contributed by atoms with Crippen LogP contribution in [0.3, 0.4) is 0 Å². The lowest BCUT2D eigenvalue weighted by Gasteiger charge is -2.29. The van der Waals surface area contributed by atoms with Gasteiger partial charge in [0.05, 0.1) is 13.2 Å². The quantitative estimate of drug-likeness (QED) is 0.157. The summed E-state index contributed by atoms with van der Waals surface area (Å²) in [7, 11) is 0. The fraction of sp³-hybridized carbons (Fsp3) is 0.310. The molecule has 1 aliphatic heterocycles. The lowest BCUT2D eigenvalue weighted by atomic mass is 9.84. The maximum absolute atomic E-state index is 13.8.